The van der Waals surface area contributed by atoms with Gasteiger partial charge in [0.05, 0.1) is 32.7 Å². The molecular formula is C26H22ClN3O6. The van der Waals surface area contributed by atoms with Crippen molar-refractivity contribution >= 4 is 46.4 Å². The van der Waals surface area contributed by atoms with Gasteiger partial charge < -0.3 is 24.8 Å². The normalized spacial score (nSPS) is 13.1. The van der Waals surface area contributed by atoms with Crippen molar-refractivity contribution in [2.24, 2.45) is 0 Å². The number of halogens is 1. The monoisotopic (exact) mass is 507 g/mol. The molecule has 0 saturated heterocycles. The average molecular weight is 508 g/mol. The van der Waals surface area contributed by atoms with Crippen LogP contribution in [0.4, 0.5) is 17.1 Å². The van der Waals surface area contributed by atoms with Crippen LogP contribution in [-0.2, 0) is 9.59 Å². The van der Waals surface area contributed by atoms with Gasteiger partial charge in [-0.2, -0.15) is 0 Å². The highest BCUT2D eigenvalue weighted by molar-refractivity contribution is 6.53. The van der Waals surface area contributed by atoms with Gasteiger partial charge in [0, 0.05) is 17.3 Å². The second-order valence-corrected chi connectivity index (χ2v) is 7.91. The van der Waals surface area contributed by atoms with E-state index in [1.54, 1.807) is 54.6 Å². The molecule has 0 unspecified atom stereocenters. The molecule has 2 N–H and O–H groups in total. The Labute approximate surface area is 212 Å². The summed E-state index contributed by atoms with van der Waals surface area (Å²) in [5.41, 5.74) is 1.30. The number of ether oxygens (including phenoxy) is 3. The molecule has 0 aromatic heterocycles. The van der Waals surface area contributed by atoms with Crippen LogP contribution in [0.3, 0.4) is 0 Å². The maximum Gasteiger partial charge on any atom is 0.283 e. The topological polar surface area (TPSA) is 106 Å². The minimum Gasteiger partial charge on any atom is -0.497 e. The van der Waals surface area contributed by atoms with Crippen LogP contribution in [0.5, 0.6) is 17.2 Å². The van der Waals surface area contributed by atoms with Crippen molar-refractivity contribution in [2.45, 2.75) is 0 Å². The van der Waals surface area contributed by atoms with Crippen molar-refractivity contribution in [1.29, 1.82) is 0 Å². The van der Waals surface area contributed by atoms with E-state index in [0.29, 0.717) is 28.4 Å². The van der Waals surface area contributed by atoms with E-state index in [-0.39, 0.29) is 28.1 Å². The highest BCUT2D eigenvalue weighted by Crippen LogP contribution is 2.37. The van der Waals surface area contributed by atoms with Gasteiger partial charge in [-0.3, -0.25) is 14.4 Å². The third-order valence-corrected chi connectivity index (χ3v) is 5.76. The lowest BCUT2D eigenvalue weighted by molar-refractivity contribution is -0.120. The Morgan fingerprint density at radius 2 is 1.58 bits per heavy atom. The zero-order valence-electron chi connectivity index (χ0n) is 19.6. The summed E-state index contributed by atoms with van der Waals surface area (Å²) >= 11 is 6.26. The highest BCUT2D eigenvalue weighted by atomic mass is 35.5. The SMILES string of the molecule is COc1ccc(N2C(=O)C(Cl)=C(Nc3cccc(C(=O)Nc4ccccc4OC)c3)C2=O)c(OC)c1. The lowest BCUT2D eigenvalue weighted by Gasteiger charge is -2.18. The van der Waals surface area contributed by atoms with E-state index < -0.39 is 11.8 Å². The standard InChI is InChI=1S/C26H22ClN3O6/c1-34-17-11-12-19(21(14-17)36-3)30-25(32)22(27)23(26(30)33)28-16-8-6-7-15(13-16)24(31)29-18-9-4-5-10-20(18)35-2/h4-14,28H,1-3H3,(H,29,31). The Hall–Kier alpha value is -4.50. The fourth-order valence-corrected chi connectivity index (χ4v) is 3.84. The lowest BCUT2D eigenvalue weighted by atomic mass is 10.1. The fourth-order valence-electron chi connectivity index (χ4n) is 3.62. The minimum absolute atomic E-state index is 0.123. The van der Waals surface area contributed by atoms with Crippen molar-refractivity contribution in [1.82, 2.24) is 0 Å². The van der Waals surface area contributed by atoms with Crippen LogP contribution in [0.15, 0.2) is 77.5 Å². The van der Waals surface area contributed by atoms with Gasteiger partial charge in [0.1, 0.15) is 28.0 Å². The lowest BCUT2D eigenvalue weighted by Crippen LogP contribution is -2.32. The molecule has 0 aliphatic carbocycles. The Morgan fingerprint density at radius 1 is 0.833 bits per heavy atom. The molecule has 9 nitrogen and oxygen atoms in total. The second-order valence-electron chi connectivity index (χ2n) is 7.53. The third kappa shape index (κ3) is 4.69. The first-order chi connectivity index (χ1) is 17.4. The zero-order chi connectivity index (χ0) is 25.8. The maximum absolute atomic E-state index is 13.2. The predicted octanol–water partition coefficient (Wildman–Crippen LogP) is 4.40. The van der Waals surface area contributed by atoms with Gasteiger partial charge in [-0.15, -0.1) is 0 Å². The summed E-state index contributed by atoms with van der Waals surface area (Å²) in [7, 11) is 4.42. The first-order valence-electron chi connectivity index (χ1n) is 10.7. The van der Waals surface area contributed by atoms with Crippen LogP contribution in [0.25, 0.3) is 0 Å². The molecule has 0 radical (unpaired) electrons. The van der Waals surface area contributed by atoms with E-state index in [2.05, 4.69) is 10.6 Å². The van der Waals surface area contributed by atoms with E-state index in [9.17, 15) is 14.4 Å². The molecule has 3 amide bonds. The summed E-state index contributed by atoms with van der Waals surface area (Å²) in [6, 6.07) is 18.1. The molecule has 0 atom stereocenters. The summed E-state index contributed by atoms with van der Waals surface area (Å²) in [5, 5.41) is 5.38. The highest BCUT2D eigenvalue weighted by Gasteiger charge is 2.40. The third-order valence-electron chi connectivity index (χ3n) is 5.40. The number of hydrogen-bond acceptors (Lipinski definition) is 7. The molecular weight excluding hydrogens is 486 g/mol. The zero-order valence-corrected chi connectivity index (χ0v) is 20.4. The van der Waals surface area contributed by atoms with Gasteiger partial charge >= 0.3 is 0 Å². The summed E-state index contributed by atoms with van der Waals surface area (Å²) < 4.78 is 15.8. The molecule has 0 fully saturated rings. The molecule has 0 spiro atoms. The Bertz CT molecular complexity index is 1390. The first kappa shape index (κ1) is 24.6. The number of methoxy groups -OCH3 is 3. The Balaban J connectivity index is 1.57. The summed E-state index contributed by atoms with van der Waals surface area (Å²) in [5.74, 6) is -0.495. The fraction of sp³-hybridized carbons (Fsp3) is 0.115. The first-order valence-corrected chi connectivity index (χ1v) is 11.1. The molecule has 4 rings (SSSR count). The Morgan fingerprint density at radius 3 is 2.31 bits per heavy atom. The second kappa shape index (κ2) is 10.4. The van der Waals surface area contributed by atoms with E-state index in [1.807, 2.05) is 0 Å². The van der Waals surface area contributed by atoms with Crippen molar-refractivity contribution in [3.8, 4) is 17.2 Å². The largest absolute Gasteiger partial charge is 0.497 e. The number of nitrogens with one attached hydrogen (secondary N) is 2. The molecule has 1 aliphatic rings. The molecule has 3 aromatic carbocycles. The molecule has 1 heterocycles. The van der Waals surface area contributed by atoms with Crippen LogP contribution in [0.1, 0.15) is 10.4 Å². The number of benzene rings is 3. The number of carbonyl (C=O) groups is 3. The van der Waals surface area contributed by atoms with E-state index >= 15 is 0 Å². The van der Waals surface area contributed by atoms with Gasteiger partial charge in [0.2, 0.25) is 0 Å². The van der Waals surface area contributed by atoms with E-state index in [4.69, 9.17) is 25.8 Å². The molecule has 184 valence electrons. The molecule has 0 saturated carbocycles. The maximum atomic E-state index is 13.2. The summed E-state index contributed by atoms with van der Waals surface area (Å²) in [6.45, 7) is 0. The molecule has 0 bridgehead atoms. The van der Waals surface area contributed by atoms with Crippen molar-refractivity contribution in [3.63, 3.8) is 0 Å². The number of anilines is 3. The molecule has 10 heteroatoms. The number of amides is 3. The Kier molecular flexibility index (Phi) is 7.12. The smallest absolute Gasteiger partial charge is 0.283 e. The number of carbonyl (C=O) groups excluding carboxylic acids is 3. The van der Waals surface area contributed by atoms with Gasteiger partial charge in [-0.05, 0) is 42.5 Å². The molecule has 1 aliphatic heterocycles. The minimum atomic E-state index is -0.710. The summed E-state index contributed by atoms with van der Waals surface area (Å²) in [6.07, 6.45) is 0. The van der Waals surface area contributed by atoms with Gasteiger partial charge in [0.15, 0.2) is 0 Å². The van der Waals surface area contributed by atoms with Crippen LogP contribution in [0, 0.1) is 0 Å². The number of hydrogen-bond donors (Lipinski definition) is 2. The predicted molar refractivity (Wildman–Crippen MR) is 136 cm³/mol. The molecule has 3 aromatic rings. The molecule has 36 heavy (non-hydrogen) atoms. The van der Waals surface area contributed by atoms with Crippen molar-refractivity contribution in [2.75, 3.05) is 36.9 Å². The number of para-hydroxylation sites is 2. The van der Waals surface area contributed by atoms with Gasteiger partial charge in [-0.25, -0.2) is 4.90 Å². The number of imide groups is 1. The van der Waals surface area contributed by atoms with Crippen LogP contribution in [-0.4, -0.2) is 39.1 Å². The van der Waals surface area contributed by atoms with Crippen molar-refractivity contribution in [3.05, 3.63) is 83.0 Å². The van der Waals surface area contributed by atoms with Gasteiger partial charge in [0.25, 0.3) is 17.7 Å². The summed E-state index contributed by atoms with van der Waals surface area (Å²) in [4.78, 5) is 39.8. The quantitative estimate of drug-likeness (QED) is 0.435. The van der Waals surface area contributed by atoms with Crippen LogP contribution in [0.2, 0.25) is 0 Å². The number of nitrogens with zero attached hydrogens (tertiary/aromatic N) is 1. The average Bonchev–Trinajstić information content (AvgIpc) is 3.11. The number of rotatable bonds is 8. The van der Waals surface area contributed by atoms with Crippen LogP contribution < -0.4 is 29.7 Å². The van der Waals surface area contributed by atoms with E-state index in [1.165, 1.54) is 33.5 Å². The van der Waals surface area contributed by atoms with Gasteiger partial charge in [-0.1, -0.05) is 29.8 Å². The van der Waals surface area contributed by atoms with Crippen LogP contribution >= 0.6 is 11.6 Å². The van der Waals surface area contributed by atoms with E-state index in [0.717, 1.165) is 4.90 Å². The van der Waals surface area contributed by atoms with Crippen molar-refractivity contribution < 1.29 is 28.6 Å².